The number of hydrogen-bond acceptors (Lipinski definition) is 4. The summed E-state index contributed by atoms with van der Waals surface area (Å²) in [6.45, 7) is 0. The minimum atomic E-state index is -0.220. The van der Waals surface area contributed by atoms with Gasteiger partial charge in [0.2, 0.25) is 5.91 Å². The van der Waals surface area contributed by atoms with Crippen LogP contribution in [0, 0.1) is 0 Å². The summed E-state index contributed by atoms with van der Waals surface area (Å²) >= 11 is 1.45. The maximum atomic E-state index is 13.3. The second-order valence-electron chi connectivity index (χ2n) is 7.77. The van der Waals surface area contributed by atoms with Crippen LogP contribution in [-0.4, -0.2) is 29.2 Å². The van der Waals surface area contributed by atoms with Gasteiger partial charge in [-0.15, -0.1) is 11.8 Å². The van der Waals surface area contributed by atoms with Gasteiger partial charge in [-0.05, 0) is 48.5 Å². The number of para-hydroxylation sites is 2. The molecule has 4 aromatic carbocycles. The van der Waals surface area contributed by atoms with Crippen molar-refractivity contribution < 1.29 is 14.3 Å². The van der Waals surface area contributed by atoms with Crippen LogP contribution in [0.25, 0.3) is 21.8 Å². The molecule has 0 fully saturated rings. The normalized spacial score (nSPS) is 11.0. The smallest absolute Gasteiger partial charge is 0.255 e. The van der Waals surface area contributed by atoms with Crippen molar-refractivity contribution in [2.75, 3.05) is 18.2 Å². The van der Waals surface area contributed by atoms with E-state index in [-0.39, 0.29) is 17.6 Å². The number of rotatable bonds is 6. The van der Waals surface area contributed by atoms with Gasteiger partial charge in [0, 0.05) is 26.9 Å². The molecule has 5 aromatic rings. The molecule has 0 bridgehead atoms. The van der Waals surface area contributed by atoms with Crippen molar-refractivity contribution in [3.05, 3.63) is 103 Å². The van der Waals surface area contributed by atoms with Gasteiger partial charge in [-0.1, -0.05) is 48.5 Å². The summed E-state index contributed by atoms with van der Waals surface area (Å²) in [5, 5.41) is 5.05. The van der Waals surface area contributed by atoms with Crippen LogP contribution in [0.2, 0.25) is 0 Å². The predicted octanol–water partition coefficient (Wildman–Crippen LogP) is 6.49. The van der Waals surface area contributed by atoms with Crippen LogP contribution >= 0.6 is 11.8 Å². The Hall–Kier alpha value is -4.03. The molecule has 168 valence electrons. The Labute approximate surface area is 201 Å². The van der Waals surface area contributed by atoms with Crippen LogP contribution < -0.4 is 10.1 Å². The zero-order chi connectivity index (χ0) is 23.5. The number of amides is 1. The van der Waals surface area contributed by atoms with Gasteiger partial charge < -0.3 is 10.1 Å². The van der Waals surface area contributed by atoms with Gasteiger partial charge in [0.15, 0.2) is 0 Å². The van der Waals surface area contributed by atoms with Gasteiger partial charge in [-0.25, -0.2) is 0 Å². The number of carbonyl (C=O) groups excluding carboxylic acids is 2. The average molecular weight is 467 g/mol. The lowest BCUT2D eigenvalue weighted by Gasteiger charge is -2.09. The van der Waals surface area contributed by atoms with Crippen molar-refractivity contribution in [3.63, 3.8) is 0 Å². The molecule has 0 radical (unpaired) electrons. The van der Waals surface area contributed by atoms with Crippen molar-refractivity contribution in [3.8, 4) is 5.75 Å². The number of ether oxygens (including phenoxy) is 1. The van der Waals surface area contributed by atoms with Crippen LogP contribution in [0.5, 0.6) is 5.75 Å². The second-order valence-corrected chi connectivity index (χ2v) is 8.81. The van der Waals surface area contributed by atoms with Crippen LogP contribution in [0.4, 0.5) is 5.69 Å². The maximum Gasteiger partial charge on any atom is 0.255 e. The lowest BCUT2D eigenvalue weighted by molar-refractivity contribution is 0.0950. The molecule has 5 rings (SSSR count). The van der Waals surface area contributed by atoms with Crippen LogP contribution in [0.15, 0.2) is 102 Å². The third kappa shape index (κ3) is 4.28. The molecule has 34 heavy (non-hydrogen) atoms. The molecule has 0 atom stereocenters. The first kappa shape index (κ1) is 21.8. The van der Waals surface area contributed by atoms with E-state index in [0.29, 0.717) is 17.0 Å². The predicted molar refractivity (Wildman–Crippen MR) is 138 cm³/mol. The molecule has 0 spiro atoms. The van der Waals surface area contributed by atoms with E-state index in [1.165, 1.54) is 11.8 Å². The van der Waals surface area contributed by atoms with Gasteiger partial charge in [0.25, 0.3) is 5.91 Å². The SMILES string of the molecule is COc1cccc(C(=O)Nc2cccc(SCC(=O)n3c4ccccc4c4ccccc43)c2)c1. The first-order valence-electron chi connectivity index (χ1n) is 10.8. The Balaban J connectivity index is 1.33. The second kappa shape index (κ2) is 9.45. The number of anilines is 1. The number of hydrogen-bond donors (Lipinski definition) is 1. The Morgan fingerprint density at radius 1 is 0.824 bits per heavy atom. The van der Waals surface area contributed by atoms with Crippen LogP contribution in [-0.2, 0) is 0 Å². The summed E-state index contributed by atoms with van der Waals surface area (Å²) in [6, 6.07) is 30.4. The minimum absolute atomic E-state index is 0.00761. The standard InChI is InChI=1S/C28H22N2O3S/c1-33-21-10-6-8-19(16-21)28(32)29-20-9-7-11-22(17-20)34-18-27(31)30-25-14-4-2-12-23(25)24-13-3-5-15-26(24)30/h2-17H,18H2,1H3,(H,29,32). The number of nitrogens with one attached hydrogen (secondary N) is 1. The topological polar surface area (TPSA) is 60.3 Å². The molecule has 0 aliphatic rings. The number of benzene rings is 4. The van der Waals surface area contributed by atoms with Crippen molar-refractivity contribution in [1.29, 1.82) is 0 Å². The third-order valence-corrected chi connectivity index (χ3v) is 6.59. The lowest BCUT2D eigenvalue weighted by atomic mass is 10.2. The van der Waals surface area contributed by atoms with E-state index in [1.807, 2.05) is 72.8 Å². The largest absolute Gasteiger partial charge is 0.497 e. The molecule has 6 heteroatoms. The van der Waals surface area contributed by atoms with E-state index < -0.39 is 0 Å². The summed E-state index contributed by atoms with van der Waals surface area (Å²) in [4.78, 5) is 26.8. The lowest BCUT2D eigenvalue weighted by Crippen LogP contribution is -2.13. The highest BCUT2D eigenvalue weighted by molar-refractivity contribution is 8.00. The monoisotopic (exact) mass is 466 g/mol. The van der Waals surface area contributed by atoms with Crippen molar-refractivity contribution in [1.82, 2.24) is 4.57 Å². The fourth-order valence-electron chi connectivity index (χ4n) is 4.03. The molecular weight excluding hydrogens is 444 g/mol. The van der Waals surface area contributed by atoms with Crippen molar-refractivity contribution in [2.45, 2.75) is 4.90 Å². The van der Waals surface area contributed by atoms with E-state index in [4.69, 9.17) is 4.74 Å². The van der Waals surface area contributed by atoms with E-state index in [9.17, 15) is 9.59 Å². The van der Waals surface area contributed by atoms with Gasteiger partial charge in [0.1, 0.15) is 5.75 Å². The Morgan fingerprint density at radius 2 is 1.50 bits per heavy atom. The van der Waals surface area contributed by atoms with E-state index >= 15 is 0 Å². The molecule has 1 aromatic heterocycles. The summed E-state index contributed by atoms with van der Waals surface area (Å²) in [7, 11) is 1.57. The van der Waals surface area contributed by atoms with Crippen molar-refractivity contribution >= 4 is 51.1 Å². The maximum absolute atomic E-state index is 13.3. The summed E-state index contributed by atoms with van der Waals surface area (Å²) < 4.78 is 6.99. The summed E-state index contributed by atoms with van der Waals surface area (Å²) in [6.07, 6.45) is 0. The zero-order valence-corrected chi connectivity index (χ0v) is 19.3. The van der Waals surface area contributed by atoms with Gasteiger partial charge in [-0.2, -0.15) is 0 Å². The minimum Gasteiger partial charge on any atom is -0.497 e. The average Bonchev–Trinajstić information content (AvgIpc) is 3.22. The van der Waals surface area contributed by atoms with E-state index in [0.717, 1.165) is 26.7 Å². The molecule has 0 saturated carbocycles. The number of nitrogens with zero attached hydrogens (tertiary/aromatic N) is 1. The summed E-state index contributed by atoms with van der Waals surface area (Å²) in [5.74, 6) is 0.687. The Kier molecular flexibility index (Phi) is 6.06. The zero-order valence-electron chi connectivity index (χ0n) is 18.5. The summed E-state index contributed by atoms with van der Waals surface area (Å²) in [5.41, 5.74) is 3.00. The highest BCUT2D eigenvalue weighted by atomic mass is 32.2. The fourth-order valence-corrected chi connectivity index (χ4v) is 4.84. The van der Waals surface area contributed by atoms with E-state index in [1.54, 1.807) is 35.9 Å². The van der Waals surface area contributed by atoms with Crippen LogP contribution in [0.3, 0.4) is 0 Å². The third-order valence-electron chi connectivity index (χ3n) is 5.62. The van der Waals surface area contributed by atoms with Gasteiger partial charge >= 0.3 is 0 Å². The van der Waals surface area contributed by atoms with Crippen molar-refractivity contribution in [2.24, 2.45) is 0 Å². The van der Waals surface area contributed by atoms with Gasteiger partial charge in [-0.3, -0.25) is 14.2 Å². The molecule has 1 amide bonds. The first-order valence-corrected chi connectivity index (χ1v) is 11.8. The van der Waals surface area contributed by atoms with Crippen LogP contribution in [0.1, 0.15) is 15.2 Å². The Bertz CT molecular complexity index is 1470. The molecule has 1 heterocycles. The number of methoxy groups -OCH3 is 1. The number of carbonyl (C=O) groups is 2. The highest BCUT2D eigenvalue weighted by Gasteiger charge is 2.16. The molecule has 0 saturated heterocycles. The molecule has 1 N–H and O–H groups in total. The number of thioether (sulfide) groups is 1. The molecule has 0 unspecified atom stereocenters. The molecule has 5 nitrogen and oxygen atoms in total. The molecule has 0 aliphatic heterocycles. The quantitative estimate of drug-likeness (QED) is 0.291. The first-order chi connectivity index (χ1) is 16.6. The fraction of sp³-hybridized carbons (Fsp3) is 0.0714. The highest BCUT2D eigenvalue weighted by Crippen LogP contribution is 2.30. The number of aromatic nitrogens is 1. The Morgan fingerprint density at radius 3 is 2.21 bits per heavy atom. The number of fused-ring (bicyclic) bond motifs is 3. The molecule has 0 aliphatic carbocycles. The molecular formula is C28H22N2O3S. The van der Waals surface area contributed by atoms with Gasteiger partial charge in [0.05, 0.1) is 23.9 Å². The van der Waals surface area contributed by atoms with E-state index in [2.05, 4.69) is 5.32 Å².